The van der Waals surface area contributed by atoms with Crippen LogP contribution < -0.4 is 4.90 Å². The fourth-order valence-electron chi connectivity index (χ4n) is 1.82. The van der Waals surface area contributed by atoms with Crippen molar-refractivity contribution in [1.29, 1.82) is 0 Å². The molecule has 90 valence electrons. The first kappa shape index (κ1) is 11.5. The molecule has 0 spiro atoms. The number of benzene rings is 1. The van der Waals surface area contributed by atoms with Crippen molar-refractivity contribution in [2.24, 2.45) is 0 Å². The number of methoxy groups -OCH3 is 1. The van der Waals surface area contributed by atoms with Crippen LogP contribution in [0.1, 0.15) is 0 Å². The summed E-state index contributed by atoms with van der Waals surface area (Å²) in [5.41, 5.74) is 0.345. The molecule has 0 saturated carbocycles. The summed E-state index contributed by atoms with van der Waals surface area (Å²) in [4.78, 5) is 23.7. The summed E-state index contributed by atoms with van der Waals surface area (Å²) in [7, 11) is 1.28. The molecular weight excluding hydrogens is 229 g/mol. The van der Waals surface area contributed by atoms with Crippen molar-refractivity contribution < 1.29 is 23.8 Å². The molecule has 2 rings (SSSR count). The van der Waals surface area contributed by atoms with E-state index in [1.807, 2.05) is 0 Å². The second kappa shape index (κ2) is 4.14. The van der Waals surface area contributed by atoms with E-state index < -0.39 is 29.8 Å². The molecule has 1 aliphatic rings. The first-order chi connectivity index (χ1) is 8.06. The number of hydrogen-bond donors (Lipinski definition) is 1. The summed E-state index contributed by atoms with van der Waals surface area (Å²) in [6.07, 6.45) is -0.974. The van der Waals surface area contributed by atoms with E-state index in [4.69, 9.17) is 9.84 Å². The number of nitrogens with zero attached hydrogens (tertiary/aromatic N) is 1. The number of carbonyl (C=O) groups is 2. The van der Waals surface area contributed by atoms with Crippen LogP contribution >= 0.6 is 0 Å². The van der Waals surface area contributed by atoms with Crippen molar-refractivity contribution in [1.82, 2.24) is 0 Å². The summed E-state index contributed by atoms with van der Waals surface area (Å²) in [6, 6.07) is 3.99. The Kier molecular flexibility index (Phi) is 2.81. The molecule has 17 heavy (non-hydrogen) atoms. The molecule has 1 fully saturated rings. The van der Waals surface area contributed by atoms with Crippen LogP contribution in [0, 0.1) is 5.82 Å². The molecule has 6 heteroatoms. The topological polar surface area (TPSA) is 66.8 Å². The first-order valence-electron chi connectivity index (χ1n) is 4.90. The van der Waals surface area contributed by atoms with Gasteiger partial charge < -0.3 is 9.84 Å². The summed E-state index contributed by atoms with van der Waals surface area (Å²) in [6.45, 7) is 0. The van der Waals surface area contributed by atoms with Crippen molar-refractivity contribution in [3.8, 4) is 0 Å². The van der Waals surface area contributed by atoms with Gasteiger partial charge in [0.05, 0.1) is 0 Å². The highest BCUT2D eigenvalue weighted by Crippen LogP contribution is 2.30. The maximum atomic E-state index is 12.7. The lowest BCUT2D eigenvalue weighted by atomic mass is 9.97. The molecule has 1 amide bonds. The number of carboxylic acids is 1. The van der Waals surface area contributed by atoms with E-state index in [0.29, 0.717) is 5.69 Å². The number of carbonyl (C=O) groups excluding carboxylic acids is 1. The summed E-state index contributed by atoms with van der Waals surface area (Å²) in [5.74, 6) is -2.04. The maximum absolute atomic E-state index is 12.7. The summed E-state index contributed by atoms with van der Waals surface area (Å²) < 4.78 is 17.5. The molecule has 0 radical (unpaired) electrons. The van der Waals surface area contributed by atoms with Crippen LogP contribution in [0.25, 0.3) is 0 Å². The zero-order chi connectivity index (χ0) is 12.6. The second-order valence-electron chi connectivity index (χ2n) is 3.62. The highest BCUT2D eigenvalue weighted by molar-refractivity contribution is 6.12. The molecule has 1 aromatic carbocycles. The minimum absolute atomic E-state index is 0.345. The first-order valence-corrected chi connectivity index (χ1v) is 4.90. The lowest BCUT2D eigenvalue weighted by Gasteiger charge is -2.43. The zero-order valence-electron chi connectivity index (χ0n) is 8.96. The van der Waals surface area contributed by atoms with Crippen LogP contribution in [0.4, 0.5) is 10.1 Å². The van der Waals surface area contributed by atoms with Gasteiger partial charge in [0.25, 0.3) is 5.91 Å². The summed E-state index contributed by atoms with van der Waals surface area (Å²) in [5, 5.41) is 8.99. The Morgan fingerprint density at radius 1 is 1.41 bits per heavy atom. The number of β-lactam (4-membered cyclic amide) rings is 1. The second-order valence-corrected chi connectivity index (χ2v) is 3.62. The minimum Gasteiger partial charge on any atom is -0.480 e. The highest BCUT2D eigenvalue weighted by Gasteiger charge is 2.53. The Morgan fingerprint density at radius 3 is 2.47 bits per heavy atom. The number of halogens is 1. The van der Waals surface area contributed by atoms with Crippen molar-refractivity contribution in [2.75, 3.05) is 12.0 Å². The molecule has 1 heterocycles. The van der Waals surface area contributed by atoms with E-state index in [-0.39, 0.29) is 0 Å². The van der Waals surface area contributed by atoms with Crippen LogP contribution in [0.5, 0.6) is 0 Å². The molecule has 5 nitrogen and oxygen atoms in total. The van der Waals surface area contributed by atoms with Crippen LogP contribution in [-0.4, -0.2) is 36.2 Å². The van der Waals surface area contributed by atoms with Gasteiger partial charge in [-0.2, -0.15) is 0 Å². The number of hydrogen-bond acceptors (Lipinski definition) is 3. The van der Waals surface area contributed by atoms with E-state index in [0.717, 1.165) is 4.90 Å². The quantitative estimate of drug-likeness (QED) is 0.786. The van der Waals surface area contributed by atoms with Gasteiger partial charge in [-0.05, 0) is 24.3 Å². The van der Waals surface area contributed by atoms with E-state index in [9.17, 15) is 14.0 Å². The van der Waals surface area contributed by atoms with Gasteiger partial charge in [-0.1, -0.05) is 0 Å². The average molecular weight is 239 g/mol. The third-order valence-electron chi connectivity index (χ3n) is 2.66. The molecule has 0 aliphatic carbocycles. The molecule has 0 aromatic heterocycles. The van der Waals surface area contributed by atoms with Gasteiger partial charge in [-0.15, -0.1) is 0 Å². The van der Waals surface area contributed by atoms with Gasteiger partial charge in [0, 0.05) is 12.8 Å². The Hall–Kier alpha value is -1.95. The Bertz CT molecular complexity index is 459. The number of amides is 1. The summed E-state index contributed by atoms with van der Waals surface area (Å²) >= 11 is 0. The van der Waals surface area contributed by atoms with Gasteiger partial charge in [-0.25, -0.2) is 9.18 Å². The fraction of sp³-hybridized carbons (Fsp3) is 0.273. The molecule has 2 atom stereocenters. The molecule has 1 aliphatic heterocycles. The van der Waals surface area contributed by atoms with Gasteiger partial charge in [0.15, 0.2) is 12.1 Å². The van der Waals surface area contributed by atoms with Crippen LogP contribution in [-0.2, 0) is 14.3 Å². The average Bonchev–Trinajstić information content (AvgIpc) is 2.28. The van der Waals surface area contributed by atoms with Gasteiger partial charge in [0.1, 0.15) is 5.82 Å². The third kappa shape index (κ3) is 1.76. The number of anilines is 1. The standard InChI is InChI=1S/C11H10FNO4/c1-17-9-8(11(15)16)13(10(9)14)7-4-2-6(12)3-5-7/h2-5,8-9H,1H3,(H,15,16)/t8-,9-/m1/s1. The highest BCUT2D eigenvalue weighted by atomic mass is 19.1. The van der Waals surface area contributed by atoms with Crippen molar-refractivity contribution >= 4 is 17.6 Å². The van der Waals surface area contributed by atoms with E-state index in [2.05, 4.69) is 0 Å². The number of rotatable bonds is 3. The van der Waals surface area contributed by atoms with Gasteiger partial charge in [0.2, 0.25) is 0 Å². The fourth-order valence-corrected chi connectivity index (χ4v) is 1.82. The molecule has 0 unspecified atom stereocenters. The number of aliphatic carboxylic acids is 1. The Labute approximate surface area is 96.4 Å². The lowest BCUT2D eigenvalue weighted by molar-refractivity contribution is -0.155. The van der Waals surface area contributed by atoms with E-state index in [1.165, 1.54) is 31.4 Å². The monoisotopic (exact) mass is 239 g/mol. The predicted octanol–water partition coefficient (Wildman–Crippen LogP) is 0.641. The Balaban J connectivity index is 2.29. The SMILES string of the molecule is CO[C@H]1C(=O)N(c2ccc(F)cc2)[C@H]1C(=O)O. The maximum Gasteiger partial charge on any atom is 0.330 e. The number of carboxylic acid groups (broad SMARTS) is 1. The van der Waals surface area contributed by atoms with E-state index >= 15 is 0 Å². The number of ether oxygens (including phenoxy) is 1. The van der Waals surface area contributed by atoms with Crippen LogP contribution in [0.2, 0.25) is 0 Å². The Morgan fingerprint density at radius 2 is 2.00 bits per heavy atom. The van der Waals surface area contributed by atoms with Crippen molar-refractivity contribution in [3.63, 3.8) is 0 Å². The largest absolute Gasteiger partial charge is 0.480 e. The molecule has 1 aromatic rings. The van der Waals surface area contributed by atoms with Gasteiger partial charge in [-0.3, -0.25) is 9.69 Å². The minimum atomic E-state index is -1.15. The zero-order valence-corrected chi connectivity index (χ0v) is 8.96. The van der Waals surface area contributed by atoms with Crippen LogP contribution in [0.15, 0.2) is 24.3 Å². The molecule has 1 saturated heterocycles. The third-order valence-corrected chi connectivity index (χ3v) is 2.66. The van der Waals surface area contributed by atoms with Crippen LogP contribution in [0.3, 0.4) is 0 Å². The lowest BCUT2D eigenvalue weighted by Crippen LogP contribution is -2.69. The molecular formula is C11H10FNO4. The van der Waals surface area contributed by atoms with Gasteiger partial charge >= 0.3 is 5.97 Å². The normalized spacial score (nSPS) is 23.4. The van der Waals surface area contributed by atoms with Crippen molar-refractivity contribution in [2.45, 2.75) is 12.1 Å². The molecule has 0 bridgehead atoms. The van der Waals surface area contributed by atoms with E-state index in [1.54, 1.807) is 0 Å². The smallest absolute Gasteiger partial charge is 0.330 e. The predicted molar refractivity (Wildman–Crippen MR) is 56.1 cm³/mol. The molecule has 1 N–H and O–H groups in total. The van der Waals surface area contributed by atoms with Crippen molar-refractivity contribution in [3.05, 3.63) is 30.1 Å².